The van der Waals surface area contributed by atoms with E-state index in [1.54, 1.807) is 25.2 Å². The molecule has 1 nitrogen and oxygen atoms in total. The summed E-state index contributed by atoms with van der Waals surface area (Å²) in [6.45, 7) is 3.21. The van der Waals surface area contributed by atoms with Crippen LogP contribution in [-0.2, 0) is 5.67 Å². The van der Waals surface area contributed by atoms with Crippen molar-refractivity contribution >= 4 is 43.1 Å². The van der Waals surface area contributed by atoms with Crippen LogP contribution in [0.5, 0.6) is 0 Å². The molecule has 0 amide bonds. The summed E-state index contributed by atoms with van der Waals surface area (Å²) in [4.78, 5) is 4.52. The quantitative estimate of drug-likeness (QED) is 0.404. The van der Waals surface area contributed by atoms with Crippen LogP contribution >= 0.6 is 11.3 Å². The van der Waals surface area contributed by atoms with E-state index in [0.717, 1.165) is 26.4 Å². The number of rotatable bonds is 1. The lowest BCUT2D eigenvalue weighted by Crippen LogP contribution is -2.09. The number of halogens is 1. The first-order valence-corrected chi connectivity index (χ1v) is 7.81. The van der Waals surface area contributed by atoms with Crippen molar-refractivity contribution in [2.75, 3.05) is 0 Å². The molecular weight excluding hydrogens is 281 g/mol. The highest BCUT2D eigenvalue weighted by molar-refractivity contribution is 7.18. The van der Waals surface area contributed by atoms with Crippen LogP contribution < -0.4 is 0 Å². The standard InChI is InChI=1S/C18H14FNS/c1-18(2,19)14-9-5-8-12-11-6-3-4-7-13(11)17-16(15(12)14)20-10-21-17/h3-10H,1-2H3. The Bertz CT molecular complexity index is 979. The van der Waals surface area contributed by atoms with E-state index >= 15 is 0 Å². The molecule has 0 unspecified atom stereocenters. The van der Waals surface area contributed by atoms with Gasteiger partial charge in [-0.2, -0.15) is 0 Å². The molecule has 0 aliphatic carbocycles. The molecule has 4 rings (SSSR count). The van der Waals surface area contributed by atoms with Gasteiger partial charge in [-0.3, -0.25) is 0 Å². The van der Waals surface area contributed by atoms with Crippen LogP contribution in [0.3, 0.4) is 0 Å². The van der Waals surface area contributed by atoms with E-state index in [0.29, 0.717) is 5.56 Å². The van der Waals surface area contributed by atoms with E-state index in [4.69, 9.17) is 0 Å². The SMILES string of the molecule is CC(C)(F)c1cccc2c3ccccc3c3scnc3c12. The molecule has 0 radical (unpaired) electrons. The van der Waals surface area contributed by atoms with Crippen molar-refractivity contribution in [3.05, 3.63) is 53.5 Å². The molecule has 1 aromatic heterocycles. The molecule has 3 heteroatoms. The number of hydrogen-bond acceptors (Lipinski definition) is 2. The lowest BCUT2D eigenvalue weighted by Gasteiger charge is -2.18. The largest absolute Gasteiger partial charge is 0.244 e. The maximum atomic E-state index is 14.7. The van der Waals surface area contributed by atoms with Crippen molar-refractivity contribution in [2.24, 2.45) is 0 Å². The second-order valence-electron chi connectivity index (χ2n) is 5.78. The molecule has 3 aromatic carbocycles. The molecule has 0 N–H and O–H groups in total. The van der Waals surface area contributed by atoms with Gasteiger partial charge in [0.1, 0.15) is 5.67 Å². The first kappa shape index (κ1) is 12.7. The van der Waals surface area contributed by atoms with Crippen molar-refractivity contribution in [2.45, 2.75) is 19.5 Å². The summed E-state index contributed by atoms with van der Waals surface area (Å²) >= 11 is 1.62. The molecule has 0 aliphatic rings. The van der Waals surface area contributed by atoms with Gasteiger partial charge >= 0.3 is 0 Å². The smallest absolute Gasteiger partial charge is 0.131 e. The van der Waals surface area contributed by atoms with E-state index < -0.39 is 5.67 Å². The predicted molar refractivity (Wildman–Crippen MR) is 88.8 cm³/mol. The molecule has 0 aliphatic heterocycles. The number of hydrogen-bond donors (Lipinski definition) is 0. The summed E-state index contributed by atoms with van der Waals surface area (Å²) in [7, 11) is 0. The Balaban J connectivity index is 2.37. The molecule has 0 atom stereocenters. The average Bonchev–Trinajstić information content (AvgIpc) is 2.95. The van der Waals surface area contributed by atoms with Crippen molar-refractivity contribution < 1.29 is 4.39 Å². The van der Waals surface area contributed by atoms with Gasteiger partial charge in [-0.05, 0) is 30.2 Å². The van der Waals surface area contributed by atoms with E-state index in [1.165, 1.54) is 5.39 Å². The van der Waals surface area contributed by atoms with Crippen LogP contribution in [0.15, 0.2) is 48.0 Å². The van der Waals surface area contributed by atoms with E-state index in [9.17, 15) is 4.39 Å². The van der Waals surface area contributed by atoms with Gasteiger partial charge in [0.05, 0.1) is 15.7 Å². The predicted octanol–water partition coefficient (Wildman–Crippen LogP) is 5.81. The summed E-state index contributed by atoms with van der Waals surface area (Å²) in [5, 5.41) is 4.37. The molecule has 0 saturated heterocycles. The zero-order chi connectivity index (χ0) is 14.6. The minimum absolute atomic E-state index is 0.710. The number of fused-ring (bicyclic) bond motifs is 6. The minimum Gasteiger partial charge on any atom is -0.244 e. The van der Waals surface area contributed by atoms with Gasteiger partial charge in [-0.1, -0.05) is 42.5 Å². The van der Waals surface area contributed by atoms with Gasteiger partial charge < -0.3 is 0 Å². The van der Waals surface area contributed by atoms with Gasteiger partial charge in [0.25, 0.3) is 0 Å². The second kappa shape index (κ2) is 4.25. The number of aromatic nitrogens is 1. The molecule has 21 heavy (non-hydrogen) atoms. The summed E-state index contributed by atoms with van der Waals surface area (Å²) in [6, 6.07) is 14.2. The maximum absolute atomic E-state index is 14.7. The minimum atomic E-state index is -1.39. The van der Waals surface area contributed by atoms with Crippen molar-refractivity contribution in [3.8, 4) is 0 Å². The highest BCUT2D eigenvalue weighted by Gasteiger charge is 2.24. The molecule has 0 fully saturated rings. The number of thiazole rings is 1. The Morgan fingerprint density at radius 1 is 0.952 bits per heavy atom. The molecule has 4 aromatic rings. The third kappa shape index (κ3) is 1.77. The fraction of sp³-hybridized carbons (Fsp3) is 0.167. The van der Waals surface area contributed by atoms with Gasteiger partial charge in [-0.25, -0.2) is 9.37 Å². The van der Waals surface area contributed by atoms with Crippen LogP contribution in [0, 0.1) is 0 Å². The average molecular weight is 295 g/mol. The van der Waals surface area contributed by atoms with E-state index in [1.807, 2.05) is 29.8 Å². The Morgan fingerprint density at radius 2 is 1.67 bits per heavy atom. The molecule has 104 valence electrons. The molecular formula is C18H14FNS. The lowest BCUT2D eigenvalue weighted by molar-refractivity contribution is 0.224. The van der Waals surface area contributed by atoms with Crippen LogP contribution in [0.1, 0.15) is 19.4 Å². The fourth-order valence-electron chi connectivity index (χ4n) is 3.06. The Morgan fingerprint density at radius 3 is 2.43 bits per heavy atom. The fourth-order valence-corrected chi connectivity index (χ4v) is 3.89. The molecule has 1 heterocycles. The Hall–Kier alpha value is -2.00. The highest BCUT2D eigenvalue weighted by atomic mass is 32.1. The molecule has 0 bridgehead atoms. The van der Waals surface area contributed by atoms with Crippen LogP contribution in [0.4, 0.5) is 4.39 Å². The zero-order valence-electron chi connectivity index (χ0n) is 11.9. The van der Waals surface area contributed by atoms with Crippen molar-refractivity contribution in [3.63, 3.8) is 0 Å². The number of benzene rings is 3. The van der Waals surface area contributed by atoms with Gasteiger partial charge in [0.15, 0.2) is 0 Å². The normalized spacial score (nSPS) is 12.5. The van der Waals surface area contributed by atoms with Crippen LogP contribution in [-0.4, -0.2) is 4.98 Å². The Kier molecular flexibility index (Phi) is 2.57. The van der Waals surface area contributed by atoms with Gasteiger partial charge in [0, 0.05) is 10.8 Å². The first-order valence-electron chi connectivity index (χ1n) is 6.93. The van der Waals surface area contributed by atoms with Crippen molar-refractivity contribution in [1.82, 2.24) is 4.98 Å². The third-order valence-electron chi connectivity index (χ3n) is 3.97. The maximum Gasteiger partial charge on any atom is 0.131 e. The first-order chi connectivity index (χ1) is 10.1. The van der Waals surface area contributed by atoms with Crippen LogP contribution in [0.25, 0.3) is 31.8 Å². The van der Waals surface area contributed by atoms with Gasteiger partial charge in [0.2, 0.25) is 0 Å². The number of alkyl halides is 1. The Labute approximate surface area is 126 Å². The topological polar surface area (TPSA) is 12.9 Å². The zero-order valence-corrected chi connectivity index (χ0v) is 12.7. The third-order valence-corrected chi connectivity index (χ3v) is 4.83. The monoisotopic (exact) mass is 295 g/mol. The summed E-state index contributed by atoms with van der Waals surface area (Å²) in [5.41, 5.74) is 2.08. The van der Waals surface area contributed by atoms with Gasteiger partial charge in [-0.15, -0.1) is 11.3 Å². The second-order valence-corrected chi connectivity index (χ2v) is 6.63. The lowest BCUT2D eigenvalue weighted by atomic mass is 9.91. The summed E-state index contributed by atoms with van der Waals surface area (Å²) < 4.78 is 15.8. The molecule has 0 saturated carbocycles. The van der Waals surface area contributed by atoms with Crippen LogP contribution in [0.2, 0.25) is 0 Å². The number of nitrogens with zero attached hydrogens (tertiary/aromatic N) is 1. The van der Waals surface area contributed by atoms with E-state index in [-0.39, 0.29) is 0 Å². The van der Waals surface area contributed by atoms with E-state index in [2.05, 4.69) is 23.2 Å². The highest BCUT2D eigenvalue weighted by Crippen LogP contribution is 2.41. The van der Waals surface area contributed by atoms with Crippen molar-refractivity contribution in [1.29, 1.82) is 0 Å². The molecule has 0 spiro atoms. The summed E-state index contributed by atoms with van der Waals surface area (Å²) in [6.07, 6.45) is 0. The summed E-state index contributed by atoms with van der Waals surface area (Å²) in [5.74, 6) is 0.